The maximum absolute atomic E-state index is 15.0. The van der Waals surface area contributed by atoms with Gasteiger partial charge in [0.05, 0.1) is 43.1 Å². The topological polar surface area (TPSA) is 71.4 Å². The van der Waals surface area contributed by atoms with Crippen LogP contribution in [0.2, 0.25) is 0 Å². The number of aliphatic imine (C=N–C) groups is 1. The monoisotopic (exact) mass is 459 g/mol. The number of ether oxygens (including phenoxy) is 2. The van der Waals surface area contributed by atoms with E-state index in [9.17, 15) is 14.0 Å². The zero-order valence-corrected chi connectivity index (χ0v) is 19.2. The highest BCUT2D eigenvalue weighted by atomic mass is 32.2. The third kappa shape index (κ3) is 4.45. The lowest BCUT2D eigenvalue weighted by Crippen LogP contribution is -2.42. The fourth-order valence-corrected chi connectivity index (χ4v) is 4.94. The zero-order valence-electron chi connectivity index (χ0n) is 18.3. The summed E-state index contributed by atoms with van der Waals surface area (Å²) in [5, 5.41) is 2.47. The number of halogens is 1. The number of carbonyl (C=O) groups excluding carboxylic acids is 2. The lowest BCUT2D eigenvalue weighted by molar-refractivity contribution is -0.143. The Labute approximate surface area is 190 Å². The Balaban J connectivity index is 1.71. The molecule has 4 rings (SSSR count). The molecule has 3 heterocycles. The molecule has 3 aliphatic heterocycles. The van der Waals surface area contributed by atoms with Crippen LogP contribution in [-0.2, 0) is 19.1 Å². The van der Waals surface area contributed by atoms with Gasteiger partial charge in [-0.25, -0.2) is 14.2 Å². The van der Waals surface area contributed by atoms with E-state index in [2.05, 4.69) is 4.99 Å². The van der Waals surface area contributed by atoms with Gasteiger partial charge in [-0.15, -0.1) is 0 Å². The van der Waals surface area contributed by atoms with Gasteiger partial charge in [0.25, 0.3) is 0 Å². The normalized spacial score (nSPS) is 20.8. The molecule has 0 unspecified atom stereocenters. The lowest BCUT2D eigenvalue weighted by atomic mass is 9.93. The van der Waals surface area contributed by atoms with E-state index in [1.165, 1.54) is 17.8 Å². The molecular formula is C23H26FN3O4S. The Morgan fingerprint density at radius 1 is 1.28 bits per heavy atom. The van der Waals surface area contributed by atoms with E-state index in [1.54, 1.807) is 48.8 Å². The number of rotatable bonds is 5. The van der Waals surface area contributed by atoms with E-state index in [-0.39, 0.29) is 24.0 Å². The van der Waals surface area contributed by atoms with Gasteiger partial charge in [-0.05, 0) is 32.2 Å². The van der Waals surface area contributed by atoms with Crippen molar-refractivity contribution in [2.75, 3.05) is 26.3 Å². The highest BCUT2D eigenvalue weighted by molar-refractivity contribution is 8.16. The van der Waals surface area contributed by atoms with E-state index in [1.807, 2.05) is 5.41 Å². The highest BCUT2D eigenvalue weighted by Gasteiger charge is 2.42. The van der Waals surface area contributed by atoms with E-state index in [0.717, 1.165) is 0 Å². The molecule has 1 fully saturated rings. The molecular weight excluding hydrogens is 433 g/mol. The van der Waals surface area contributed by atoms with Crippen molar-refractivity contribution in [2.24, 2.45) is 4.99 Å². The van der Waals surface area contributed by atoms with Crippen LogP contribution in [0.25, 0.3) is 0 Å². The van der Waals surface area contributed by atoms with Gasteiger partial charge in [0.15, 0.2) is 5.17 Å². The summed E-state index contributed by atoms with van der Waals surface area (Å²) in [7, 11) is 0. The molecule has 0 saturated carbocycles. The number of thioether (sulfide) groups is 1. The number of amides is 1. The minimum absolute atomic E-state index is 0.0359. The molecule has 9 heteroatoms. The molecule has 1 atom stereocenters. The molecule has 1 saturated heterocycles. The standard InChI is InChI=1S/C23H26FN3O4S/c1-14(2)31-22(29)20-15(3)25-23-27(21(20)17-6-4-5-7-18(17)24)16(13-32-23)12-19(28)26-8-10-30-11-9-26/h4-7,13-14,21H,8-12H2,1-3H3/t21-/m1/s1. The van der Waals surface area contributed by atoms with Crippen LogP contribution in [0.15, 0.2) is 51.6 Å². The number of benzene rings is 1. The predicted octanol–water partition coefficient (Wildman–Crippen LogP) is 3.60. The maximum atomic E-state index is 15.0. The van der Waals surface area contributed by atoms with E-state index >= 15 is 0 Å². The van der Waals surface area contributed by atoms with E-state index < -0.39 is 17.8 Å². The van der Waals surface area contributed by atoms with Crippen molar-refractivity contribution < 1.29 is 23.5 Å². The Morgan fingerprint density at radius 2 is 2.00 bits per heavy atom. The van der Waals surface area contributed by atoms with Gasteiger partial charge in [0, 0.05) is 24.4 Å². The number of nitrogens with zero attached hydrogens (tertiary/aromatic N) is 3. The number of morpholine rings is 1. The van der Waals surface area contributed by atoms with Gasteiger partial charge in [-0.1, -0.05) is 30.0 Å². The minimum atomic E-state index is -0.770. The summed E-state index contributed by atoms with van der Waals surface area (Å²) < 4.78 is 25.8. The molecule has 0 aromatic heterocycles. The van der Waals surface area contributed by atoms with Crippen molar-refractivity contribution in [3.8, 4) is 0 Å². The summed E-state index contributed by atoms with van der Waals surface area (Å²) >= 11 is 1.37. The van der Waals surface area contributed by atoms with Crippen LogP contribution in [0.1, 0.15) is 38.8 Å². The molecule has 0 spiro atoms. The number of carbonyl (C=O) groups is 2. The maximum Gasteiger partial charge on any atom is 0.338 e. The van der Waals surface area contributed by atoms with Gasteiger partial charge in [0.1, 0.15) is 5.82 Å². The summed E-state index contributed by atoms with van der Waals surface area (Å²) in [6.45, 7) is 7.38. The van der Waals surface area contributed by atoms with Crippen LogP contribution >= 0.6 is 11.8 Å². The van der Waals surface area contributed by atoms with Gasteiger partial charge >= 0.3 is 5.97 Å². The molecule has 1 aromatic carbocycles. The van der Waals surface area contributed by atoms with Crippen molar-refractivity contribution in [1.82, 2.24) is 9.80 Å². The molecule has 7 nitrogen and oxygen atoms in total. The fourth-order valence-electron chi connectivity index (χ4n) is 3.98. The first-order valence-corrected chi connectivity index (χ1v) is 11.5. The van der Waals surface area contributed by atoms with Gasteiger partial charge in [-0.2, -0.15) is 0 Å². The first-order chi connectivity index (χ1) is 15.4. The van der Waals surface area contributed by atoms with Crippen LogP contribution in [0.3, 0.4) is 0 Å². The summed E-state index contributed by atoms with van der Waals surface area (Å²) in [5.74, 6) is -1.01. The van der Waals surface area contributed by atoms with E-state index in [4.69, 9.17) is 9.47 Å². The average molecular weight is 460 g/mol. The van der Waals surface area contributed by atoms with Crippen molar-refractivity contribution in [1.29, 1.82) is 0 Å². The molecule has 0 bridgehead atoms. The summed E-state index contributed by atoms with van der Waals surface area (Å²) in [6.07, 6.45) is -0.206. The van der Waals surface area contributed by atoms with E-state index in [0.29, 0.717) is 48.4 Å². The molecule has 170 valence electrons. The number of hydrogen-bond donors (Lipinski definition) is 0. The van der Waals surface area contributed by atoms with Crippen LogP contribution in [0, 0.1) is 5.82 Å². The third-order valence-corrected chi connectivity index (χ3v) is 6.35. The first kappa shape index (κ1) is 22.5. The molecule has 0 aliphatic carbocycles. The van der Waals surface area contributed by atoms with Crippen LogP contribution in [-0.4, -0.2) is 59.3 Å². The second kappa shape index (κ2) is 9.46. The summed E-state index contributed by atoms with van der Waals surface area (Å²) in [5.41, 5.74) is 1.78. The second-order valence-corrected chi connectivity index (χ2v) is 8.88. The largest absolute Gasteiger partial charge is 0.459 e. The minimum Gasteiger partial charge on any atom is -0.459 e. The van der Waals surface area contributed by atoms with Gasteiger partial charge < -0.3 is 19.3 Å². The smallest absolute Gasteiger partial charge is 0.338 e. The number of esters is 1. The summed E-state index contributed by atoms with van der Waals surface area (Å²) in [4.78, 5) is 34.2. The Kier molecular flexibility index (Phi) is 6.66. The summed E-state index contributed by atoms with van der Waals surface area (Å²) in [6, 6.07) is 5.59. The molecule has 1 amide bonds. The molecule has 32 heavy (non-hydrogen) atoms. The fraction of sp³-hybridized carbons (Fsp3) is 0.435. The number of hydrogen-bond acceptors (Lipinski definition) is 7. The van der Waals surface area contributed by atoms with Crippen molar-refractivity contribution >= 4 is 28.8 Å². The second-order valence-electron chi connectivity index (χ2n) is 8.04. The number of fused-ring (bicyclic) bond motifs is 1. The average Bonchev–Trinajstić information content (AvgIpc) is 3.15. The predicted molar refractivity (Wildman–Crippen MR) is 120 cm³/mol. The SMILES string of the molecule is CC1=C(C(=O)OC(C)C)[C@@H](c2ccccc2F)N2C(CC(=O)N3CCOCC3)=CSC2=N1. The number of allylic oxidation sites excluding steroid dienone is 1. The highest BCUT2D eigenvalue weighted by Crippen LogP contribution is 2.45. The molecule has 1 aromatic rings. The van der Waals surface area contributed by atoms with Crippen LogP contribution in [0.4, 0.5) is 4.39 Å². The van der Waals surface area contributed by atoms with Crippen LogP contribution < -0.4 is 0 Å². The van der Waals surface area contributed by atoms with Gasteiger partial charge in [0.2, 0.25) is 5.91 Å². The Hall–Kier alpha value is -2.65. The quantitative estimate of drug-likeness (QED) is 0.627. The van der Waals surface area contributed by atoms with Crippen LogP contribution in [0.5, 0.6) is 0 Å². The van der Waals surface area contributed by atoms with Crippen molar-refractivity contribution in [3.05, 3.63) is 58.0 Å². The van der Waals surface area contributed by atoms with Crippen molar-refractivity contribution in [3.63, 3.8) is 0 Å². The Morgan fingerprint density at radius 3 is 2.69 bits per heavy atom. The van der Waals surface area contributed by atoms with Gasteiger partial charge in [-0.3, -0.25) is 4.79 Å². The first-order valence-electron chi connectivity index (χ1n) is 10.6. The molecule has 0 N–H and O–H groups in total. The third-order valence-electron chi connectivity index (χ3n) is 5.46. The van der Waals surface area contributed by atoms with Crippen molar-refractivity contribution in [2.45, 2.75) is 39.3 Å². The number of amidine groups is 1. The molecule has 0 radical (unpaired) electrons. The zero-order chi connectivity index (χ0) is 22.8. The Bertz CT molecular complexity index is 1010. The lowest BCUT2D eigenvalue weighted by Gasteiger charge is -2.37. The molecule has 3 aliphatic rings.